The predicted molar refractivity (Wildman–Crippen MR) is 111 cm³/mol. The Bertz CT molecular complexity index is 1040. The Balaban J connectivity index is 1.61. The fourth-order valence-electron chi connectivity index (χ4n) is 3.56. The van der Waals surface area contributed by atoms with Crippen molar-refractivity contribution in [2.75, 3.05) is 0 Å². The molecule has 0 aliphatic carbocycles. The van der Waals surface area contributed by atoms with E-state index >= 15 is 0 Å². The average Bonchev–Trinajstić information content (AvgIpc) is 3.19. The summed E-state index contributed by atoms with van der Waals surface area (Å²) in [6.45, 7) is 6.17. The summed E-state index contributed by atoms with van der Waals surface area (Å²) in [5.74, 6) is 0.523. The number of aryl methyl sites for hydroxylation is 1. The summed E-state index contributed by atoms with van der Waals surface area (Å²) in [5.41, 5.74) is 3.89. The highest BCUT2D eigenvalue weighted by Crippen LogP contribution is 2.34. The molecule has 3 aromatic rings. The maximum atomic E-state index is 12.3. The average molecular weight is 375 g/mol. The maximum Gasteiger partial charge on any atom is 0.333 e. The maximum absolute atomic E-state index is 12.3. The van der Waals surface area contributed by atoms with Gasteiger partial charge in [-0.3, -0.25) is 0 Å². The molecule has 0 unspecified atom stereocenters. The van der Waals surface area contributed by atoms with Gasteiger partial charge in [-0.05, 0) is 57.4 Å². The van der Waals surface area contributed by atoms with Gasteiger partial charge in [0.1, 0.15) is 18.0 Å². The number of hydrogen-bond acceptors (Lipinski definition) is 3. The Morgan fingerprint density at radius 2 is 1.86 bits per heavy atom. The molecule has 4 heteroatoms. The summed E-state index contributed by atoms with van der Waals surface area (Å²) in [6, 6.07) is 18.4. The largest absolute Gasteiger partial charge is 0.489 e. The molecule has 2 heterocycles. The lowest BCUT2D eigenvalue weighted by atomic mass is 10.2. The molecule has 0 radical (unpaired) electrons. The van der Waals surface area contributed by atoms with Gasteiger partial charge in [-0.2, -0.15) is 0 Å². The summed E-state index contributed by atoms with van der Waals surface area (Å²) in [4.78, 5) is 12.3. The van der Waals surface area contributed by atoms with Gasteiger partial charge in [0.2, 0.25) is 0 Å². The Morgan fingerprint density at radius 1 is 1.07 bits per heavy atom. The molecule has 2 aromatic carbocycles. The summed E-state index contributed by atoms with van der Waals surface area (Å²) >= 11 is 0. The normalized spacial score (nSPS) is 15.0. The van der Waals surface area contributed by atoms with Crippen LogP contribution in [0.4, 0.5) is 0 Å². The van der Waals surface area contributed by atoms with E-state index in [4.69, 9.17) is 9.47 Å². The van der Waals surface area contributed by atoms with E-state index in [-0.39, 0.29) is 5.97 Å². The molecule has 0 fully saturated rings. The van der Waals surface area contributed by atoms with Crippen molar-refractivity contribution in [3.63, 3.8) is 0 Å². The highest BCUT2D eigenvalue weighted by atomic mass is 16.6. The minimum Gasteiger partial charge on any atom is -0.489 e. The Hall–Kier alpha value is -3.01. The van der Waals surface area contributed by atoms with Crippen LogP contribution >= 0.6 is 0 Å². The Labute approximate surface area is 165 Å². The van der Waals surface area contributed by atoms with E-state index < -0.39 is 5.60 Å². The van der Waals surface area contributed by atoms with Crippen LogP contribution in [0, 0.1) is 0 Å². The van der Waals surface area contributed by atoms with Crippen LogP contribution < -0.4 is 4.74 Å². The summed E-state index contributed by atoms with van der Waals surface area (Å²) in [7, 11) is 0. The molecular weight excluding hydrogens is 350 g/mol. The molecule has 1 aliphatic rings. The summed E-state index contributed by atoms with van der Waals surface area (Å²) in [5, 5.41) is 1.15. The number of esters is 1. The Morgan fingerprint density at radius 3 is 2.61 bits per heavy atom. The van der Waals surface area contributed by atoms with Crippen LogP contribution in [0.25, 0.3) is 16.6 Å². The number of carbonyl (C=O) groups is 1. The fourth-order valence-corrected chi connectivity index (χ4v) is 3.56. The lowest BCUT2D eigenvalue weighted by molar-refractivity contribution is -0.148. The van der Waals surface area contributed by atoms with Gasteiger partial charge in [-0.25, -0.2) is 4.79 Å². The van der Waals surface area contributed by atoms with Gasteiger partial charge >= 0.3 is 5.97 Å². The molecule has 4 nitrogen and oxygen atoms in total. The molecule has 144 valence electrons. The molecule has 0 saturated carbocycles. The molecule has 0 bridgehead atoms. The van der Waals surface area contributed by atoms with E-state index in [1.807, 2.05) is 45.0 Å². The monoisotopic (exact) mass is 375 g/mol. The number of rotatable bonds is 4. The smallest absolute Gasteiger partial charge is 0.333 e. The van der Waals surface area contributed by atoms with Crippen LogP contribution in [0.1, 0.15) is 38.4 Å². The second-order valence-electron chi connectivity index (χ2n) is 8.14. The third kappa shape index (κ3) is 3.96. The van der Waals surface area contributed by atoms with E-state index in [9.17, 15) is 4.79 Å². The summed E-state index contributed by atoms with van der Waals surface area (Å²) < 4.78 is 13.6. The van der Waals surface area contributed by atoms with Gasteiger partial charge < -0.3 is 14.0 Å². The quantitative estimate of drug-likeness (QED) is 0.456. The third-order valence-corrected chi connectivity index (χ3v) is 4.72. The van der Waals surface area contributed by atoms with E-state index in [2.05, 4.69) is 34.9 Å². The lowest BCUT2D eigenvalue weighted by Crippen LogP contribution is -2.22. The highest BCUT2D eigenvalue weighted by molar-refractivity contribution is 5.93. The van der Waals surface area contributed by atoms with Gasteiger partial charge in [0.25, 0.3) is 0 Å². The van der Waals surface area contributed by atoms with Crippen molar-refractivity contribution in [3.8, 4) is 5.75 Å². The molecule has 4 rings (SSSR count). The van der Waals surface area contributed by atoms with Crippen molar-refractivity contribution < 1.29 is 14.3 Å². The van der Waals surface area contributed by atoms with E-state index in [1.54, 1.807) is 6.08 Å². The molecule has 28 heavy (non-hydrogen) atoms. The second-order valence-corrected chi connectivity index (χ2v) is 8.14. The van der Waals surface area contributed by atoms with Crippen LogP contribution in [0.2, 0.25) is 0 Å². The minimum absolute atomic E-state index is 0.298. The van der Waals surface area contributed by atoms with Crippen molar-refractivity contribution >= 4 is 22.6 Å². The van der Waals surface area contributed by atoms with Gasteiger partial charge in [-0.1, -0.05) is 30.3 Å². The zero-order valence-electron chi connectivity index (χ0n) is 16.6. The highest BCUT2D eigenvalue weighted by Gasteiger charge is 2.22. The van der Waals surface area contributed by atoms with Crippen molar-refractivity contribution in [2.45, 2.75) is 45.8 Å². The van der Waals surface area contributed by atoms with E-state index in [0.29, 0.717) is 6.61 Å². The van der Waals surface area contributed by atoms with Crippen LogP contribution in [0.15, 0.2) is 60.7 Å². The first kappa shape index (κ1) is 18.4. The topological polar surface area (TPSA) is 40.5 Å². The number of allylic oxidation sites excluding steroid dienone is 1. The predicted octanol–water partition coefficient (Wildman–Crippen LogP) is 5.35. The van der Waals surface area contributed by atoms with Crippen molar-refractivity contribution in [1.82, 2.24) is 4.57 Å². The molecule has 1 aliphatic heterocycles. The number of benzene rings is 2. The zero-order valence-corrected chi connectivity index (χ0v) is 16.6. The summed E-state index contributed by atoms with van der Waals surface area (Å²) in [6.07, 6.45) is 3.38. The minimum atomic E-state index is -0.493. The van der Waals surface area contributed by atoms with Crippen LogP contribution in [-0.4, -0.2) is 16.1 Å². The fraction of sp³-hybridized carbons (Fsp3) is 0.292. The van der Waals surface area contributed by atoms with Gasteiger partial charge in [0, 0.05) is 28.9 Å². The standard InChI is InChI=1S/C24H25NO3/c1-24(2,3)28-23(26)14-20-11-10-19-13-18-9-12-21(15-22(18)25(19)20)27-16-17-7-5-4-6-8-17/h4-9,12-15H,10-11,16H2,1-3H3. The van der Waals surface area contributed by atoms with Crippen molar-refractivity contribution in [3.05, 3.63) is 71.9 Å². The molecular formula is C24H25NO3. The number of fused-ring (bicyclic) bond motifs is 3. The SMILES string of the molecule is CC(C)(C)OC(=O)C=C1CCc2cc3ccc(OCc4ccccc4)cc3n21. The van der Waals surface area contributed by atoms with Crippen molar-refractivity contribution in [1.29, 1.82) is 0 Å². The van der Waals surface area contributed by atoms with E-state index in [0.717, 1.165) is 40.8 Å². The van der Waals surface area contributed by atoms with E-state index in [1.165, 1.54) is 5.69 Å². The first-order chi connectivity index (χ1) is 13.4. The van der Waals surface area contributed by atoms with Crippen LogP contribution in [-0.2, 0) is 22.6 Å². The lowest BCUT2D eigenvalue weighted by Gasteiger charge is -2.18. The molecule has 0 amide bonds. The molecule has 0 saturated heterocycles. The molecule has 0 atom stereocenters. The number of ether oxygens (including phenoxy) is 2. The van der Waals surface area contributed by atoms with Crippen LogP contribution in [0.3, 0.4) is 0 Å². The zero-order chi connectivity index (χ0) is 19.7. The number of hydrogen-bond donors (Lipinski definition) is 0. The Kier molecular flexibility index (Phi) is 4.71. The van der Waals surface area contributed by atoms with Crippen molar-refractivity contribution in [2.24, 2.45) is 0 Å². The number of aromatic nitrogens is 1. The number of carbonyl (C=O) groups excluding carboxylic acids is 1. The van der Waals surface area contributed by atoms with Gasteiger partial charge in [0.15, 0.2) is 0 Å². The van der Waals surface area contributed by atoms with Crippen LogP contribution in [0.5, 0.6) is 5.75 Å². The second kappa shape index (κ2) is 7.19. The third-order valence-electron chi connectivity index (χ3n) is 4.72. The first-order valence-corrected chi connectivity index (χ1v) is 9.64. The number of nitrogens with zero attached hydrogens (tertiary/aromatic N) is 1. The molecule has 1 aromatic heterocycles. The first-order valence-electron chi connectivity index (χ1n) is 9.64. The molecule has 0 N–H and O–H groups in total. The van der Waals surface area contributed by atoms with Gasteiger partial charge in [-0.15, -0.1) is 0 Å². The molecule has 0 spiro atoms. The van der Waals surface area contributed by atoms with Gasteiger partial charge in [0.05, 0.1) is 5.52 Å².